The molecule has 0 saturated heterocycles. The molecular weight excluding hydrogens is 222 g/mol. The predicted octanol–water partition coefficient (Wildman–Crippen LogP) is 3.64. The van der Waals surface area contributed by atoms with Crippen LogP contribution in [0.4, 0.5) is 0 Å². The molecule has 2 heteroatoms. The third-order valence-corrected chi connectivity index (χ3v) is 2.77. The Morgan fingerprint density at radius 2 is 1.83 bits per heavy atom. The molecule has 0 unspecified atom stereocenters. The van der Waals surface area contributed by atoms with Crippen molar-refractivity contribution in [1.29, 1.82) is 5.26 Å². The highest BCUT2D eigenvalue weighted by atomic mass is 16.5. The molecule has 90 valence electrons. The van der Waals surface area contributed by atoms with Gasteiger partial charge in [0.25, 0.3) is 0 Å². The van der Waals surface area contributed by atoms with Gasteiger partial charge in [0.2, 0.25) is 0 Å². The van der Waals surface area contributed by atoms with Gasteiger partial charge in [-0.2, -0.15) is 5.26 Å². The summed E-state index contributed by atoms with van der Waals surface area (Å²) in [5.41, 5.74) is 3.28. The van der Waals surface area contributed by atoms with E-state index in [4.69, 9.17) is 10.00 Å². The van der Waals surface area contributed by atoms with Crippen molar-refractivity contribution in [1.82, 2.24) is 0 Å². The van der Waals surface area contributed by atoms with E-state index in [9.17, 15) is 0 Å². The fraction of sp³-hybridized carbons (Fsp3) is 0.188. The largest absolute Gasteiger partial charge is 0.489 e. The first-order chi connectivity index (χ1) is 8.79. The van der Waals surface area contributed by atoms with Gasteiger partial charge in [-0.1, -0.05) is 36.4 Å². The highest BCUT2D eigenvalue weighted by Gasteiger charge is 2.02. The monoisotopic (exact) mass is 237 g/mol. The van der Waals surface area contributed by atoms with Gasteiger partial charge < -0.3 is 4.74 Å². The predicted molar refractivity (Wildman–Crippen MR) is 71.3 cm³/mol. The highest BCUT2D eigenvalue weighted by Crippen LogP contribution is 2.16. The topological polar surface area (TPSA) is 33.0 Å². The molecule has 0 aliphatic rings. The van der Waals surface area contributed by atoms with E-state index in [2.05, 4.69) is 6.07 Å². The van der Waals surface area contributed by atoms with E-state index in [1.165, 1.54) is 5.56 Å². The van der Waals surface area contributed by atoms with Gasteiger partial charge in [0.15, 0.2) is 0 Å². The van der Waals surface area contributed by atoms with Crippen molar-refractivity contribution in [2.45, 2.75) is 20.0 Å². The number of benzene rings is 2. The second-order valence-corrected chi connectivity index (χ2v) is 4.21. The van der Waals surface area contributed by atoms with Crippen LogP contribution in [0.25, 0.3) is 0 Å². The van der Waals surface area contributed by atoms with E-state index in [1.807, 2.05) is 55.5 Å². The molecule has 0 heterocycles. The molecule has 0 radical (unpaired) electrons. The molecule has 0 bridgehead atoms. The first kappa shape index (κ1) is 12.2. The minimum absolute atomic E-state index is 0.424. The van der Waals surface area contributed by atoms with Gasteiger partial charge in [0.05, 0.1) is 12.5 Å². The molecule has 2 nitrogen and oxygen atoms in total. The average molecular weight is 237 g/mol. The molecule has 2 rings (SSSR count). The maximum atomic E-state index is 8.77. The summed E-state index contributed by atoms with van der Waals surface area (Å²) in [5, 5.41) is 8.77. The van der Waals surface area contributed by atoms with Gasteiger partial charge in [-0.05, 0) is 35.7 Å². The van der Waals surface area contributed by atoms with Crippen LogP contribution in [0, 0.1) is 18.3 Å². The van der Waals surface area contributed by atoms with Crippen molar-refractivity contribution < 1.29 is 4.74 Å². The standard InChI is InChI=1S/C16H15NO/c1-13-5-4-8-16(11-13)18-12-15-7-3-2-6-14(15)9-10-17/h2-8,11H,9,12H2,1H3. The number of ether oxygens (including phenoxy) is 1. The van der Waals surface area contributed by atoms with Gasteiger partial charge in [-0.15, -0.1) is 0 Å². The summed E-state index contributed by atoms with van der Waals surface area (Å²) in [7, 11) is 0. The Balaban J connectivity index is 2.09. The molecule has 0 saturated carbocycles. The quantitative estimate of drug-likeness (QED) is 0.813. The second kappa shape index (κ2) is 5.88. The lowest BCUT2D eigenvalue weighted by molar-refractivity contribution is 0.305. The van der Waals surface area contributed by atoms with E-state index in [1.54, 1.807) is 0 Å². The molecule has 0 fully saturated rings. The van der Waals surface area contributed by atoms with Crippen LogP contribution >= 0.6 is 0 Å². The van der Waals surface area contributed by atoms with Crippen LogP contribution in [-0.2, 0) is 13.0 Å². The summed E-state index contributed by atoms with van der Waals surface area (Å²) in [4.78, 5) is 0. The van der Waals surface area contributed by atoms with E-state index in [-0.39, 0.29) is 0 Å². The smallest absolute Gasteiger partial charge is 0.120 e. The van der Waals surface area contributed by atoms with Gasteiger partial charge in [-0.25, -0.2) is 0 Å². The molecule has 0 aliphatic carbocycles. The fourth-order valence-corrected chi connectivity index (χ4v) is 1.82. The van der Waals surface area contributed by atoms with Gasteiger partial charge in [0, 0.05) is 0 Å². The SMILES string of the molecule is Cc1cccc(OCc2ccccc2CC#N)c1. The molecule has 2 aromatic carbocycles. The first-order valence-electron chi connectivity index (χ1n) is 5.93. The summed E-state index contributed by atoms with van der Waals surface area (Å²) in [6, 6.07) is 18.0. The van der Waals surface area contributed by atoms with Crippen molar-refractivity contribution in [3.63, 3.8) is 0 Å². The molecular formula is C16H15NO. The fourth-order valence-electron chi connectivity index (χ4n) is 1.82. The maximum Gasteiger partial charge on any atom is 0.120 e. The zero-order valence-corrected chi connectivity index (χ0v) is 10.4. The van der Waals surface area contributed by atoms with E-state index < -0.39 is 0 Å². The highest BCUT2D eigenvalue weighted by molar-refractivity contribution is 5.31. The van der Waals surface area contributed by atoms with Gasteiger partial charge in [0.1, 0.15) is 12.4 Å². The second-order valence-electron chi connectivity index (χ2n) is 4.21. The number of hydrogen-bond acceptors (Lipinski definition) is 2. The molecule has 2 aromatic rings. The maximum absolute atomic E-state index is 8.77. The molecule has 0 N–H and O–H groups in total. The van der Waals surface area contributed by atoms with E-state index in [0.717, 1.165) is 16.9 Å². The van der Waals surface area contributed by atoms with Crippen LogP contribution < -0.4 is 4.74 Å². The van der Waals surface area contributed by atoms with E-state index >= 15 is 0 Å². The van der Waals surface area contributed by atoms with Crippen molar-refractivity contribution in [3.8, 4) is 11.8 Å². The van der Waals surface area contributed by atoms with Crippen LogP contribution in [0.3, 0.4) is 0 Å². The number of nitrogens with zero attached hydrogens (tertiary/aromatic N) is 1. The lowest BCUT2D eigenvalue weighted by Crippen LogP contribution is -1.99. The first-order valence-corrected chi connectivity index (χ1v) is 5.93. The lowest BCUT2D eigenvalue weighted by Gasteiger charge is -2.09. The Kier molecular flexibility index (Phi) is 3.98. The minimum atomic E-state index is 0.424. The Morgan fingerprint density at radius 1 is 1.06 bits per heavy atom. The summed E-state index contributed by atoms with van der Waals surface area (Å²) in [6.07, 6.45) is 0.424. The number of rotatable bonds is 4. The van der Waals surface area contributed by atoms with Gasteiger partial charge in [-0.3, -0.25) is 0 Å². The van der Waals surface area contributed by atoms with Crippen molar-refractivity contribution in [3.05, 3.63) is 65.2 Å². The number of nitriles is 1. The minimum Gasteiger partial charge on any atom is -0.489 e. The molecule has 0 spiro atoms. The van der Waals surface area contributed by atoms with Crippen LogP contribution in [0.1, 0.15) is 16.7 Å². The molecule has 0 aromatic heterocycles. The zero-order chi connectivity index (χ0) is 12.8. The summed E-state index contributed by atoms with van der Waals surface area (Å²) in [6.45, 7) is 2.54. The average Bonchev–Trinajstić information content (AvgIpc) is 2.38. The lowest BCUT2D eigenvalue weighted by atomic mass is 10.1. The van der Waals surface area contributed by atoms with E-state index in [0.29, 0.717) is 13.0 Å². The molecule has 0 amide bonds. The van der Waals surface area contributed by atoms with Gasteiger partial charge >= 0.3 is 0 Å². The van der Waals surface area contributed by atoms with Crippen LogP contribution in [0.5, 0.6) is 5.75 Å². The number of hydrogen-bond donors (Lipinski definition) is 0. The summed E-state index contributed by atoms with van der Waals surface area (Å²) in [5.74, 6) is 0.863. The van der Waals surface area contributed by atoms with Crippen molar-refractivity contribution >= 4 is 0 Å². The Hall–Kier alpha value is -2.27. The van der Waals surface area contributed by atoms with Crippen LogP contribution in [0.15, 0.2) is 48.5 Å². The van der Waals surface area contributed by atoms with Crippen LogP contribution in [-0.4, -0.2) is 0 Å². The summed E-state index contributed by atoms with van der Waals surface area (Å²) >= 11 is 0. The Morgan fingerprint density at radius 3 is 2.56 bits per heavy atom. The normalized spacial score (nSPS) is 9.78. The third kappa shape index (κ3) is 3.11. The summed E-state index contributed by atoms with van der Waals surface area (Å²) < 4.78 is 5.75. The molecule has 0 aliphatic heterocycles. The van der Waals surface area contributed by atoms with Crippen LogP contribution in [0.2, 0.25) is 0 Å². The molecule has 18 heavy (non-hydrogen) atoms. The zero-order valence-electron chi connectivity index (χ0n) is 10.4. The molecule has 0 atom stereocenters. The van der Waals surface area contributed by atoms with Crippen molar-refractivity contribution in [2.24, 2.45) is 0 Å². The number of aryl methyl sites for hydroxylation is 1. The Bertz CT molecular complexity index is 569. The third-order valence-electron chi connectivity index (χ3n) is 2.77. The Labute approximate surface area is 107 Å². The van der Waals surface area contributed by atoms with Crippen molar-refractivity contribution in [2.75, 3.05) is 0 Å².